The third-order valence-corrected chi connectivity index (χ3v) is 5.15. The lowest BCUT2D eigenvalue weighted by molar-refractivity contribution is -0.121. The highest BCUT2D eigenvalue weighted by atomic mass is 16.5. The van der Waals surface area contributed by atoms with Crippen LogP contribution in [0.5, 0.6) is 5.75 Å². The van der Waals surface area contributed by atoms with Crippen molar-refractivity contribution in [2.24, 2.45) is 4.99 Å². The Labute approximate surface area is 166 Å². The number of rotatable bonds is 8. The summed E-state index contributed by atoms with van der Waals surface area (Å²) in [7, 11) is 3.03. The lowest BCUT2D eigenvalue weighted by Crippen LogP contribution is -2.53. The fourth-order valence-electron chi connectivity index (χ4n) is 3.63. The van der Waals surface area contributed by atoms with E-state index in [0.29, 0.717) is 29.7 Å². The van der Waals surface area contributed by atoms with Gasteiger partial charge in [0, 0.05) is 17.3 Å². The van der Waals surface area contributed by atoms with Crippen molar-refractivity contribution in [3.05, 3.63) is 53.4 Å². The monoisotopic (exact) mass is 384 g/mol. The second kappa shape index (κ2) is 9.35. The first kappa shape index (κ1) is 21.4. The van der Waals surface area contributed by atoms with Crippen molar-refractivity contribution in [1.82, 2.24) is 5.32 Å². The molecule has 1 fully saturated rings. The number of carbonyl (C=O) groups excluding carboxylic acids is 2. The number of ketones is 1. The molecular formula is C22H28N2O4. The summed E-state index contributed by atoms with van der Waals surface area (Å²) in [6.45, 7) is 7.08. The Morgan fingerprint density at radius 2 is 1.93 bits per heavy atom. The molecule has 0 atom stereocenters. The largest absolute Gasteiger partial charge is 0.496 e. The van der Waals surface area contributed by atoms with Gasteiger partial charge >= 0.3 is 0 Å². The molecule has 2 rings (SSSR count). The molecule has 1 aliphatic rings. The molecule has 1 aromatic carbocycles. The van der Waals surface area contributed by atoms with Crippen LogP contribution in [0.1, 0.15) is 48.5 Å². The average Bonchev–Trinajstić information content (AvgIpc) is 3.17. The second-order valence-corrected chi connectivity index (χ2v) is 6.85. The van der Waals surface area contributed by atoms with E-state index in [1.807, 2.05) is 6.92 Å². The van der Waals surface area contributed by atoms with Crippen molar-refractivity contribution in [2.45, 2.75) is 45.1 Å². The number of Topliss-reactive ketones (excluding diaryl/α,β-unsaturated/α-hetero) is 1. The molecule has 6 nitrogen and oxygen atoms in total. The molecule has 0 aliphatic heterocycles. The number of allylic oxidation sites excluding steroid dienone is 1. The molecule has 1 aromatic rings. The highest BCUT2D eigenvalue weighted by Gasteiger charge is 2.43. The molecule has 0 heterocycles. The van der Waals surface area contributed by atoms with Gasteiger partial charge in [-0.3, -0.25) is 9.59 Å². The molecule has 1 aliphatic carbocycles. The van der Waals surface area contributed by atoms with E-state index in [2.05, 4.69) is 16.9 Å². The maximum absolute atomic E-state index is 13.3. The highest BCUT2D eigenvalue weighted by Crippen LogP contribution is 2.34. The van der Waals surface area contributed by atoms with Crippen LogP contribution in [0.3, 0.4) is 0 Å². The van der Waals surface area contributed by atoms with E-state index < -0.39 is 5.54 Å². The number of hydrogen-bond acceptors (Lipinski definition) is 5. The van der Waals surface area contributed by atoms with E-state index in [1.54, 1.807) is 32.2 Å². The van der Waals surface area contributed by atoms with Gasteiger partial charge in [-0.05, 0) is 38.8 Å². The van der Waals surface area contributed by atoms with Gasteiger partial charge < -0.3 is 14.8 Å². The van der Waals surface area contributed by atoms with Crippen molar-refractivity contribution >= 4 is 17.9 Å². The molecule has 1 amide bonds. The van der Waals surface area contributed by atoms with Crippen molar-refractivity contribution < 1.29 is 19.1 Å². The molecule has 0 bridgehead atoms. The second-order valence-electron chi connectivity index (χ2n) is 6.85. The minimum atomic E-state index is -0.954. The molecule has 150 valence electrons. The van der Waals surface area contributed by atoms with E-state index in [-0.39, 0.29) is 17.6 Å². The molecule has 0 aromatic heterocycles. The number of benzene rings is 1. The summed E-state index contributed by atoms with van der Waals surface area (Å²) in [6, 6.07) is 5.30. The topological polar surface area (TPSA) is 77.0 Å². The first-order valence-electron chi connectivity index (χ1n) is 9.31. The lowest BCUT2D eigenvalue weighted by Gasteiger charge is -2.29. The first-order valence-corrected chi connectivity index (χ1v) is 9.31. The van der Waals surface area contributed by atoms with Gasteiger partial charge in [-0.25, -0.2) is 4.99 Å². The number of nitrogens with one attached hydrogen (secondary N) is 1. The number of amides is 1. The molecular weight excluding hydrogens is 356 g/mol. The van der Waals surface area contributed by atoms with E-state index in [1.165, 1.54) is 19.4 Å². The van der Waals surface area contributed by atoms with Crippen LogP contribution in [0.2, 0.25) is 0 Å². The van der Waals surface area contributed by atoms with Gasteiger partial charge in [0.15, 0.2) is 5.78 Å². The maximum Gasteiger partial charge on any atom is 0.252 e. The molecule has 0 spiro atoms. The third-order valence-electron chi connectivity index (χ3n) is 5.15. The summed E-state index contributed by atoms with van der Waals surface area (Å²) < 4.78 is 10.6. The molecule has 28 heavy (non-hydrogen) atoms. The Balaban J connectivity index is 2.37. The minimum absolute atomic E-state index is 0.169. The zero-order chi connectivity index (χ0) is 20.7. The zero-order valence-corrected chi connectivity index (χ0v) is 17.0. The summed E-state index contributed by atoms with van der Waals surface area (Å²) in [4.78, 5) is 30.5. The van der Waals surface area contributed by atoms with E-state index in [4.69, 9.17) is 9.47 Å². The number of methoxy groups -OCH3 is 2. The SMILES string of the molecule is C=CC=N/C(OC)=C(\C)C(=O)C1(NC(=O)c2cccc(OC)c2C)CCCC1. The van der Waals surface area contributed by atoms with Gasteiger partial charge in [-0.15, -0.1) is 0 Å². The fraction of sp³-hybridized carbons (Fsp3) is 0.409. The molecule has 1 N–H and O–H groups in total. The summed E-state index contributed by atoms with van der Waals surface area (Å²) in [6.07, 6.45) is 5.88. The van der Waals surface area contributed by atoms with Crippen LogP contribution < -0.4 is 10.1 Å². The van der Waals surface area contributed by atoms with Gasteiger partial charge in [0.2, 0.25) is 5.88 Å². The molecule has 0 radical (unpaired) electrons. The predicted molar refractivity (Wildman–Crippen MR) is 110 cm³/mol. The molecule has 0 unspecified atom stereocenters. The Morgan fingerprint density at radius 1 is 1.25 bits per heavy atom. The Bertz CT molecular complexity index is 818. The van der Waals surface area contributed by atoms with Crippen LogP contribution in [0.4, 0.5) is 0 Å². The summed E-state index contributed by atoms with van der Waals surface area (Å²) in [5, 5.41) is 3.01. The predicted octanol–water partition coefficient (Wildman–Crippen LogP) is 3.75. The van der Waals surface area contributed by atoms with Crippen molar-refractivity contribution in [2.75, 3.05) is 14.2 Å². The van der Waals surface area contributed by atoms with E-state index in [0.717, 1.165) is 18.4 Å². The van der Waals surface area contributed by atoms with Crippen LogP contribution in [-0.4, -0.2) is 37.7 Å². The normalized spacial score (nSPS) is 16.4. The number of nitrogens with zero attached hydrogens (tertiary/aromatic N) is 1. The van der Waals surface area contributed by atoms with Crippen LogP contribution in [-0.2, 0) is 9.53 Å². The van der Waals surface area contributed by atoms with Crippen LogP contribution in [0, 0.1) is 6.92 Å². The van der Waals surface area contributed by atoms with Crippen LogP contribution >= 0.6 is 0 Å². The highest BCUT2D eigenvalue weighted by molar-refractivity contribution is 6.07. The number of carbonyl (C=O) groups is 2. The van der Waals surface area contributed by atoms with Crippen LogP contribution in [0.25, 0.3) is 0 Å². The van der Waals surface area contributed by atoms with Crippen LogP contribution in [0.15, 0.2) is 47.3 Å². The minimum Gasteiger partial charge on any atom is -0.496 e. The summed E-state index contributed by atoms with van der Waals surface area (Å²) >= 11 is 0. The van der Waals surface area contributed by atoms with E-state index >= 15 is 0 Å². The number of ether oxygens (including phenoxy) is 2. The van der Waals surface area contributed by atoms with Gasteiger partial charge in [0.05, 0.1) is 19.8 Å². The van der Waals surface area contributed by atoms with Gasteiger partial charge in [-0.1, -0.05) is 31.6 Å². The van der Waals surface area contributed by atoms with Gasteiger partial charge in [0.1, 0.15) is 11.3 Å². The van der Waals surface area contributed by atoms with Gasteiger partial charge in [-0.2, -0.15) is 0 Å². The van der Waals surface area contributed by atoms with Gasteiger partial charge in [0.25, 0.3) is 5.91 Å². The summed E-state index contributed by atoms with van der Waals surface area (Å²) in [5.41, 5.74) is 0.662. The van der Waals surface area contributed by atoms with Crippen molar-refractivity contribution in [3.63, 3.8) is 0 Å². The van der Waals surface area contributed by atoms with E-state index in [9.17, 15) is 9.59 Å². The van der Waals surface area contributed by atoms with Crippen molar-refractivity contribution in [3.8, 4) is 5.75 Å². The standard InChI is InChI=1S/C22H28N2O4/c1-6-14-23-21(28-5)16(3)19(25)22(12-7-8-13-22)24-20(26)17-10-9-11-18(27-4)15(17)2/h6,9-11,14H,1,7-8,12-13H2,2-5H3,(H,24,26)/b21-16-,23-14?. The quantitative estimate of drug-likeness (QED) is 0.421. The number of aliphatic imine (C=N–C) groups is 1. The fourth-order valence-corrected chi connectivity index (χ4v) is 3.63. The maximum atomic E-state index is 13.3. The Morgan fingerprint density at radius 3 is 2.50 bits per heavy atom. The Hall–Kier alpha value is -2.89. The number of hydrogen-bond donors (Lipinski definition) is 1. The lowest BCUT2D eigenvalue weighted by atomic mass is 9.87. The smallest absolute Gasteiger partial charge is 0.252 e. The van der Waals surface area contributed by atoms with Crippen molar-refractivity contribution in [1.29, 1.82) is 0 Å². The Kier molecular flexibility index (Phi) is 7.15. The first-order chi connectivity index (χ1) is 13.4. The third kappa shape index (κ3) is 4.32. The molecule has 1 saturated carbocycles. The average molecular weight is 384 g/mol. The zero-order valence-electron chi connectivity index (χ0n) is 17.0. The summed E-state index contributed by atoms with van der Waals surface area (Å²) in [5.74, 6) is 0.406. The molecule has 0 saturated heterocycles. The molecule has 6 heteroatoms.